The van der Waals surface area contributed by atoms with Gasteiger partial charge in [-0.1, -0.05) is 70.0 Å². The van der Waals surface area contributed by atoms with Crippen molar-refractivity contribution in [2.75, 3.05) is 23.9 Å². The van der Waals surface area contributed by atoms with Gasteiger partial charge < -0.3 is 9.47 Å². The Hall–Kier alpha value is -1.26. The molecule has 0 heterocycles. The molecule has 0 aromatic heterocycles. The summed E-state index contributed by atoms with van der Waals surface area (Å²) in [5.74, 6) is 1.89. The highest BCUT2D eigenvalue weighted by Crippen LogP contribution is 2.33. The lowest BCUT2D eigenvalue weighted by molar-refractivity contribution is 0.310. The number of halogens is 2. The lowest BCUT2D eigenvalue weighted by Crippen LogP contribution is -1.98. The summed E-state index contributed by atoms with van der Waals surface area (Å²) in [6.45, 7) is 6.01. The Morgan fingerprint density at radius 2 is 0.967 bits per heavy atom. The van der Waals surface area contributed by atoms with Crippen LogP contribution in [0.25, 0.3) is 11.1 Å². The summed E-state index contributed by atoms with van der Waals surface area (Å²) in [6.07, 6.45) is 6.42. The van der Waals surface area contributed by atoms with Gasteiger partial charge in [0.05, 0.1) is 13.2 Å². The van der Waals surface area contributed by atoms with E-state index in [-0.39, 0.29) is 0 Å². The van der Waals surface area contributed by atoms with Crippen molar-refractivity contribution in [3.05, 3.63) is 59.7 Å². The van der Waals surface area contributed by atoms with Gasteiger partial charge in [0.2, 0.25) is 0 Å². The molecular weight excluding hydrogens is 504 g/mol. The van der Waals surface area contributed by atoms with Gasteiger partial charge in [0.15, 0.2) is 0 Å². The third-order valence-electron chi connectivity index (χ3n) is 5.07. The minimum atomic E-state index is 0.770. The molecule has 0 bridgehead atoms. The van der Waals surface area contributed by atoms with E-state index in [0.717, 1.165) is 73.9 Å². The molecule has 0 spiro atoms. The zero-order valence-electron chi connectivity index (χ0n) is 18.3. The molecule has 0 saturated carbocycles. The highest BCUT2D eigenvalue weighted by Gasteiger charge is 2.10. The van der Waals surface area contributed by atoms with E-state index in [4.69, 9.17) is 9.47 Å². The molecule has 0 radical (unpaired) electrons. The van der Waals surface area contributed by atoms with Crippen molar-refractivity contribution in [3.8, 4) is 11.5 Å². The molecule has 30 heavy (non-hydrogen) atoms. The highest BCUT2D eigenvalue weighted by atomic mass is 79.9. The standard InChI is InChI=1S/C26H34Br2O2/c1-3-25(21-9-13-23(14-10-21)29-19-7-5-17-27)26(4-2)22-11-15-24(16-12-22)30-20-8-6-18-28/h9-16H,3-8,17-20H2,1-2H3. The second kappa shape index (κ2) is 14.7. The van der Waals surface area contributed by atoms with Crippen LogP contribution >= 0.6 is 31.9 Å². The number of benzene rings is 2. The van der Waals surface area contributed by atoms with E-state index in [1.54, 1.807) is 0 Å². The van der Waals surface area contributed by atoms with E-state index < -0.39 is 0 Å². The van der Waals surface area contributed by atoms with Crippen LogP contribution in [0.5, 0.6) is 11.5 Å². The van der Waals surface area contributed by atoms with Crippen molar-refractivity contribution < 1.29 is 9.47 Å². The summed E-state index contributed by atoms with van der Waals surface area (Å²) in [4.78, 5) is 0. The van der Waals surface area contributed by atoms with Crippen molar-refractivity contribution >= 4 is 43.0 Å². The second-order valence-electron chi connectivity index (χ2n) is 7.20. The molecule has 0 atom stereocenters. The van der Waals surface area contributed by atoms with Crippen LogP contribution in [-0.4, -0.2) is 23.9 Å². The number of alkyl halides is 2. The number of allylic oxidation sites excluding steroid dienone is 2. The Bertz CT molecular complexity index is 686. The summed E-state index contributed by atoms with van der Waals surface area (Å²) < 4.78 is 11.7. The van der Waals surface area contributed by atoms with Crippen molar-refractivity contribution in [1.82, 2.24) is 0 Å². The van der Waals surface area contributed by atoms with Gasteiger partial charge >= 0.3 is 0 Å². The Labute approximate surface area is 199 Å². The van der Waals surface area contributed by atoms with Gasteiger partial charge in [0.25, 0.3) is 0 Å². The monoisotopic (exact) mass is 536 g/mol. The molecule has 0 unspecified atom stereocenters. The lowest BCUT2D eigenvalue weighted by Gasteiger charge is -2.15. The van der Waals surface area contributed by atoms with Crippen LogP contribution in [0.1, 0.15) is 63.5 Å². The molecule has 164 valence electrons. The van der Waals surface area contributed by atoms with Crippen LogP contribution in [0.15, 0.2) is 48.5 Å². The largest absolute Gasteiger partial charge is 0.494 e. The topological polar surface area (TPSA) is 18.5 Å². The van der Waals surface area contributed by atoms with Crippen molar-refractivity contribution in [2.24, 2.45) is 0 Å². The molecule has 2 aromatic carbocycles. The zero-order chi connectivity index (χ0) is 21.6. The molecule has 2 aromatic rings. The van der Waals surface area contributed by atoms with E-state index in [1.807, 2.05) is 0 Å². The maximum Gasteiger partial charge on any atom is 0.119 e. The fourth-order valence-electron chi connectivity index (χ4n) is 3.46. The minimum absolute atomic E-state index is 0.770. The summed E-state index contributed by atoms with van der Waals surface area (Å²) >= 11 is 6.92. The Kier molecular flexibility index (Phi) is 12.2. The first-order valence-electron chi connectivity index (χ1n) is 11.0. The molecule has 4 heteroatoms. The Morgan fingerprint density at radius 1 is 0.600 bits per heavy atom. The zero-order valence-corrected chi connectivity index (χ0v) is 21.4. The maximum absolute atomic E-state index is 5.86. The summed E-state index contributed by atoms with van der Waals surface area (Å²) in [5, 5.41) is 2.06. The molecule has 2 nitrogen and oxygen atoms in total. The van der Waals surface area contributed by atoms with Gasteiger partial charge in [-0.05, 0) is 85.1 Å². The fraction of sp³-hybridized carbons (Fsp3) is 0.462. The van der Waals surface area contributed by atoms with Gasteiger partial charge in [-0.3, -0.25) is 0 Å². The normalized spacial score (nSPS) is 11.9. The first kappa shape index (κ1) is 25.0. The van der Waals surface area contributed by atoms with Gasteiger partial charge in [-0.15, -0.1) is 0 Å². The van der Waals surface area contributed by atoms with Crippen LogP contribution in [0.3, 0.4) is 0 Å². The fourth-order valence-corrected chi connectivity index (χ4v) is 4.25. The number of rotatable bonds is 14. The quantitative estimate of drug-likeness (QED) is 0.136. The van der Waals surface area contributed by atoms with Crippen molar-refractivity contribution in [2.45, 2.75) is 52.4 Å². The molecule has 0 amide bonds. The van der Waals surface area contributed by atoms with Gasteiger partial charge in [-0.2, -0.15) is 0 Å². The molecule has 0 aliphatic carbocycles. The summed E-state index contributed by atoms with van der Waals surface area (Å²) in [5.41, 5.74) is 5.35. The molecule has 0 aliphatic heterocycles. The van der Waals surface area contributed by atoms with Gasteiger partial charge in [0.1, 0.15) is 11.5 Å². The molecule has 0 saturated heterocycles. The predicted molar refractivity (Wildman–Crippen MR) is 137 cm³/mol. The van der Waals surface area contributed by atoms with Gasteiger partial charge in [-0.25, -0.2) is 0 Å². The molecule has 0 fully saturated rings. The van der Waals surface area contributed by atoms with E-state index in [2.05, 4.69) is 94.2 Å². The average molecular weight is 538 g/mol. The van der Waals surface area contributed by atoms with E-state index in [1.165, 1.54) is 22.3 Å². The van der Waals surface area contributed by atoms with E-state index in [9.17, 15) is 0 Å². The van der Waals surface area contributed by atoms with Crippen LogP contribution < -0.4 is 9.47 Å². The lowest BCUT2D eigenvalue weighted by atomic mass is 9.91. The van der Waals surface area contributed by atoms with Crippen molar-refractivity contribution in [3.63, 3.8) is 0 Å². The summed E-state index contributed by atoms with van der Waals surface area (Å²) in [7, 11) is 0. The van der Waals surface area contributed by atoms with Gasteiger partial charge in [0, 0.05) is 10.7 Å². The SMILES string of the molecule is CCC(=C(CC)c1ccc(OCCCCBr)cc1)c1ccc(OCCCCBr)cc1. The first-order valence-corrected chi connectivity index (χ1v) is 13.3. The van der Waals surface area contributed by atoms with Crippen molar-refractivity contribution in [1.29, 1.82) is 0 Å². The molecule has 0 aliphatic rings. The predicted octanol–water partition coefficient (Wildman–Crippen LogP) is 8.53. The first-order chi connectivity index (χ1) is 14.7. The van der Waals surface area contributed by atoms with E-state index in [0.29, 0.717) is 0 Å². The number of unbranched alkanes of at least 4 members (excludes halogenated alkanes) is 2. The summed E-state index contributed by atoms with van der Waals surface area (Å²) in [6, 6.07) is 17.1. The molecule has 2 rings (SSSR count). The maximum atomic E-state index is 5.86. The number of hydrogen-bond donors (Lipinski definition) is 0. The Morgan fingerprint density at radius 3 is 1.27 bits per heavy atom. The second-order valence-corrected chi connectivity index (χ2v) is 8.79. The minimum Gasteiger partial charge on any atom is -0.494 e. The smallest absolute Gasteiger partial charge is 0.119 e. The third-order valence-corrected chi connectivity index (χ3v) is 6.19. The van der Waals surface area contributed by atoms with E-state index >= 15 is 0 Å². The Balaban J connectivity index is 2.11. The van der Waals surface area contributed by atoms with Crippen LogP contribution in [0.2, 0.25) is 0 Å². The molecular formula is C26H34Br2O2. The number of ether oxygens (including phenoxy) is 2. The average Bonchev–Trinajstić information content (AvgIpc) is 2.79. The van der Waals surface area contributed by atoms with Crippen LogP contribution in [0, 0.1) is 0 Å². The van der Waals surface area contributed by atoms with Crippen LogP contribution in [-0.2, 0) is 0 Å². The molecule has 0 N–H and O–H groups in total. The third kappa shape index (κ3) is 8.11. The number of hydrogen-bond acceptors (Lipinski definition) is 2. The van der Waals surface area contributed by atoms with Crippen LogP contribution in [0.4, 0.5) is 0 Å². The highest BCUT2D eigenvalue weighted by molar-refractivity contribution is 9.09.